The third-order valence-electron chi connectivity index (χ3n) is 2.37. The summed E-state index contributed by atoms with van der Waals surface area (Å²) in [6, 6.07) is 0. The molecule has 1 rings (SSSR count). The summed E-state index contributed by atoms with van der Waals surface area (Å²) in [5, 5.41) is 0.524. The van der Waals surface area contributed by atoms with Crippen LogP contribution < -0.4 is 0 Å². The monoisotopic (exact) mass is 228 g/mol. The van der Waals surface area contributed by atoms with E-state index in [1.165, 1.54) is 0 Å². The largest absolute Gasteiger partial charge is 0.371 e. The third kappa shape index (κ3) is 2.89. The van der Waals surface area contributed by atoms with Gasteiger partial charge in [0.2, 0.25) is 0 Å². The molecular formula is C11H17ClN2O. The molecule has 4 heteroatoms. The molecule has 0 amide bonds. The Hall–Kier alpha value is -0.670. The average Bonchev–Trinajstić information content (AvgIpc) is 2.22. The standard InChI is InChI=1S/C11H17ClN2O/c1-5-9(15-6-2)11-13-8(4)7(3)10(12)14-11/h9H,5-6H2,1-4H3. The number of aromatic nitrogens is 2. The second kappa shape index (κ2) is 5.42. The molecule has 0 N–H and O–H groups in total. The van der Waals surface area contributed by atoms with Gasteiger partial charge in [-0.25, -0.2) is 9.97 Å². The fourth-order valence-electron chi connectivity index (χ4n) is 1.33. The van der Waals surface area contributed by atoms with Gasteiger partial charge in [0.1, 0.15) is 11.3 Å². The van der Waals surface area contributed by atoms with Crippen molar-refractivity contribution in [1.29, 1.82) is 0 Å². The van der Waals surface area contributed by atoms with Gasteiger partial charge in [-0.1, -0.05) is 18.5 Å². The molecule has 1 unspecified atom stereocenters. The average molecular weight is 229 g/mol. The molecule has 1 aromatic heterocycles. The first-order valence-corrected chi connectivity index (χ1v) is 5.60. The van der Waals surface area contributed by atoms with E-state index in [9.17, 15) is 0 Å². The number of nitrogens with zero attached hydrogens (tertiary/aromatic N) is 2. The maximum atomic E-state index is 6.01. The highest BCUT2D eigenvalue weighted by atomic mass is 35.5. The van der Waals surface area contributed by atoms with Gasteiger partial charge in [0.25, 0.3) is 0 Å². The van der Waals surface area contributed by atoms with Crippen molar-refractivity contribution in [3.8, 4) is 0 Å². The van der Waals surface area contributed by atoms with E-state index in [-0.39, 0.29) is 6.10 Å². The maximum absolute atomic E-state index is 6.01. The number of ether oxygens (including phenoxy) is 1. The number of halogens is 1. The summed E-state index contributed by atoms with van der Waals surface area (Å²) < 4.78 is 5.54. The van der Waals surface area contributed by atoms with Gasteiger partial charge in [-0.3, -0.25) is 0 Å². The van der Waals surface area contributed by atoms with Crippen molar-refractivity contribution in [2.75, 3.05) is 6.61 Å². The van der Waals surface area contributed by atoms with Crippen molar-refractivity contribution in [2.45, 2.75) is 40.2 Å². The number of hydrogen-bond donors (Lipinski definition) is 0. The van der Waals surface area contributed by atoms with Gasteiger partial charge < -0.3 is 4.74 Å². The van der Waals surface area contributed by atoms with Crippen LogP contribution in [0.25, 0.3) is 0 Å². The molecule has 0 bridgehead atoms. The van der Waals surface area contributed by atoms with Gasteiger partial charge >= 0.3 is 0 Å². The van der Waals surface area contributed by atoms with Crippen LogP contribution in [0.4, 0.5) is 0 Å². The Morgan fingerprint density at radius 2 is 1.93 bits per heavy atom. The van der Waals surface area contributed by atoms with Crippen LogP contribution in [0.2, 0.25) is 5.15 Å². The minimum Gasteiger partial charge on any atom is -0.371 e. The summed E-state index contributed by atoms with van der Waals surface area (Å²) >= 11 is 6.01. The Bertz CT molecular complexity index is 318. The molecule has 1 aromatic rings. The van der Waals surface area contributed by atoms with Crippen LogP contribution in [0.3, 0.4) is 0 Å². The van der Waals surface area contributed by atoms with Crippen molar-refractivity contribution < 1.29 is 4.74 Å². The Labute approximate surface area is 95.8 Å². The van der Waals surface area contributed by atoms with Crippen LogP contribution in [0, 0.1) is 13.8 Å². The van der Waals surface area contributed by atoms with Gasteiger partial charge in [-0.2, -0.15) is 0 Å². The van der Waals surface area contributed by atoms with Crippen LogP contribution in [0.1, 0.15) is 43.5 Å². The third-order valence-corrected chi connectivity index (χ3v) is 2.74. The molecule has 1 heterocycles. The van der Waals surface area contributed by atoms with E-state index in [0.717, 1.165) is 17.7 Å². The van der Waals surface area contributed by atoms with Crippen LogP contribution in [-0.4, -0.2) is 16.6 Å². The SMILES string of the molecule is CCOC(CC)c1nc(C)c(C)c(Cl)n1. The highest BCUT2D eigenvalue weighted by Gasteiger charge is 2.15. The van der Waals surface area contributed by atoms with Gasteiger partial charge in [0.05, 0.1) is 0 Å². The Morgan fingerprint density at radius 1 is 1.27 bits per heavy atom. The molecule has 0 fully saturated rings. The minimum absolute atomic E-state index is 0.0493. The minimum atomic E-state index is -0.0493. The van der Waals surface area contributed by atoms with Crippen molar-refractivity contribution in [3.05, 3.63) is 22.2 Å². The second-order valence-corrected chi connectivity index (χ2v) is 3.79. The van der Waals surface area contributed by atoms with Crippen molar-refractivity contribution in [1.82, 2.24) is 9.97 Å². The molecule has 0 spiro atoms. The molecule has 0 aliphatic heterocycles. The van der Waals surface area contributed by atoms with Crippen molar-refractivity contribution in [2.24, 2.45) is 0 Å². The van der Waals surface area contributed by atoms with Crippen molar-refractivity contribution in [3.63, 3.8) is 0 Å². The van der Waals surface area contributed by atoms with E-state index in [0.29, 0.717) is 17.6 Å². The smallest absolute Gasteiger partial charge is 0.159 e. The lowest BCUT2D eigenvalue weighted by atomic mass is 10.2. The molecule has 15 heavy (non-hydrogen) atoms. The molecule has 84 valence electrons. The van der Waals surface area contributed by atoms with Crippen LogP contribution in [-0.2, 0) is 4.74 Å². The summed E-state index contributed by atoms with van der Waals surface area (Å²) in [7, 11) is 0. The van der Waals surface area contributed by atoms with Gasteiger partial charge in [0.15, 0.2) is 5.82 Å². The Kier molecular flexibility index (Phi) is 4.48. The Morgan fingerprint density at radius 3 is 2.40 bits per heavy atom. The summed E-state index contributed by atoms with van der Waals surface area (Å²) in [5.74, 6) is 0.687. The molecule has 1 atom stereocenters. The molecule has 0 aliphatic carbocycles. The summed E-state index contributed by atoms with van der Waals surface area (Å²) in [5.41, 5.74) is 1.86. The van der Waals surface area contributed by atoms with E-state index >= 15 is 0 Å². The molecule has 3 nitrogen and oxygen atoms in total. The Balaban J connectivity index is 3.03. The molecule has 0 aliphatic rings. The van der Waals surface area contributed by atoms with Crippen LogP contribution >= 0.6 is 11.6 Å². The van der Waals surface area contributed by atoms with E-state index in [2.05, 4.69) is 9.97 Å². The van der Waals surface area contributed by atoms with E-state index in [1.54, 1.807) is 0 Å². The normalized spacial score (nSPS) is 12.9. The van der Waals surface area contributed by atoms with E-state index < -0.39 is 0 Å². The first-order valence-electron chi connectivity index (χ1n) is 5.22. The zero-order valence-electron chi connectivity index (χ0n) is 9.67. The van der Waals surface area contributed by atoms with Crippen molar-refractivity contribution >= 4 is 11.6 Å². The molecule has 0 aromatic carbocycles. The van der Waals surface area contributed by atoms with E-state index in [4.69, 9.17) is 16.3 Å². The predicted octanol–water partition coefficient (Wildman–Crippen LogP) is 3.23. The highest BCUT2D eigenvalue weighted by Crippen LogP contribution is 2.22. The maximum Gasteiger partial charge on any atom is 0.159 e. The molecule has 0 saturated heterocycles. The highest BCUT2D eigenvalue weighted by molar-refractivity contribution is 6.30. The fraction of sp³-hybridized carbons (Fsp3) is 0.636. The van der Waals surface area contributed by atoms with Gasteiger partial charge in [0, 0.05) is 17.9 Å². The molecule has 0 radical (unpaired) electrons. The summed E-state index contributed by atoms with van der Waals surface area (Å²) in [6.45, 7) is 8.53. The summed E-state index contributed by atoms with van der Waals surface area (Å²) in [6.07, 6.45) is 0.805. The van der Waals surface area contributed by atoms with Gasteiger partial charge in [-0.15, -0.1) is 0 Å². The quantitative estimate of drug-likeness (QED) is 0.743. The van der Waals surface area contributed by atoms with Crippen LogP contribution in [0.15, 0.2) is 0 Å². The number of hydrogen-bond acceptors (Lipinski definition) is 3. The predicted molar refractivity (Wildman–Crippen MR) is 61.2 cm³/mol. The number of aryl methyl sites for hydroxylation is 1. The molecular weight excluding hydrogens is 212 g/mol. The number of rotatable bonds is 4. The second-order valence-electron chi connectivity index (χ2n) is 3.44. The molecule has 0 saturated carbocycles. The van der Waals surface area contributed by atoms with Gasteiger partial charge in [-0.05, 0) is 27.2 Å². The van der Waals surface area contributed by atoms with E-state index in [1.807, 2.05) is 27.7 Å². The lowest BCUT2D eigenvalue weighted by molar-refractivity contribution is 0.0533. The topological polar surface area (TPSA) is 35.0 Å². The summed E-state index contributed by atoms with van der Waals surface area (Å²) in [4.78, 5) is 8.66. The lowest BCUT2D eigenvalue weighted by Gasteiger charge is -2.15. The zero-order valence-corrected chi connectivity index (χ0v) is 10.4. The first kappa shape index (κ1) is 12.4. The zero-order chi connectivity index (χ0) is 11.4. The fourth-order valence-corrected chi connectivity index (χ4v) is 1.56. The lowest BCUT2D eigenvalue weighted by Crippen LogP contribution is -2.09. The first-order chi connectivity index (χ1) is 7.10. The van der Waals surface area contributed by atoms with Crippen LogP contribution in [0.5, 0.6) is 0 Å².